The Morgan fingerprint density at radius 2 is 1.76 bits per heavy atom. The predicted molar refractivity (Wildman–Crippen MR) is 112 cm³/mol. The van der Waals surface area contributed by atoms with E-state index in [1.165, 1.54) is 25.7 Å². The molecule has 1 aliphatic carbocycles. The summed E-state index contributed by atoms with van der Waals surface area (Å²) in [5.41, 5.74) is 0.548. The molecule has 0 atom stereocenters. The Morgan fingerprint density at radius 1 is 1.10 bits per heavy atom. The van der Waals surface area contributed by atoms with Crippen molar-refractivity contribution < 1.29 is 14.3 Å². The van der Waals surface area contributed by atoms with Gasteiger partial charge >= 0.3 is 0 Å². The minimum absolute atomic E-state index is 0.0275. The number of anilines is 1. The number of carbonyl (C=O) groups is 2. The second-order valence-corrected chi connectivity index (χ2v) is 8.58. The fourth-order valence-electron chi connectivity index (χ4n) is 4.51. The number of ether oxygens (including phenoxy) is 1. The Balaban J connectivity index is 1.62. The summed E-state index contributed by atoms with van der Waals surface area (Å²) in [5, 5.41) is 3.47. The Bertz CT molecular complexity index is 708. The van der Waals surface area contributed by atoms with Gasteiger partial charge in [0.1, 0.15) is 11.6 Å². The molecule has 0 bridgehead atoms. The molecule has 1 amide bonds. The van der Waals surface area contributed by atoms with E-state index in [1.54, 1.807) is 27.2 Å². The van der Waals surface area contributed by atoms with Crippen molar-refractivity contribution in [2.45, 2.75) is 64.8 Å². The van der Waals surface area contributed by atoms with Crippen LogP contribution in [0.3, 0.4) is 0 Å². The number of methoxy groups -OCH3 is 1. The van der Waals surface area contributed by atoms with Crippen molar-refractivity contribution in [1.29, 1.82) is 0 Å². The molecule has 0 aromatic carbocycles. The number of nitrogens with zero attached hydrogens (tertiary/aromatic N) is 3. The number of aromatic nitrogens is 2. The van der Waals surface area contributed by atoms with Gasteiger partial charge in [-0.1, -0.05) is 0 Å². The summed E-state index contributed by atoms with van der Waals surface area (Å²) in [5.74, 6) is 2.83. The van der Waals surface area contributed by atoms with E-state index in [1.807, 2.05) is 4.90 Å². The van der Waals surface area contributed by atoms with Gasteiger partial charge in [-0.15, -0.1) is 0 Å². The molecule has 2 aliphatic rings. The molecule has 0 unspecified atom stereocenters. The number of nitrogens with one attached hydrogen (secondary N) is 1. The number of Topliss-reactive ketones (excluding diaryl/α,β-unsaturated/α-hetero) is 1. The molecule has 7 nitrogen and oxygen atoms in total. The summed E-state index contributed by atoms with van der Waals surface area (Å²) in [4.78, 5) is 34.7. The predicted octanol–water partition coefficient (Wildman–Crippen LogP) is 3.10. The van der Waals surface area contributed by atoms with Crippen molar-refractivity contribution in [3.63, 3.8) is 0 Å². The van der Waals surface area contributed by atoms with E-state index in [0.29, 0.717) is 23.2 Å². The van der Waals surface area contributed by atoms with Gasteiger partial charge in [0.25, 0.3) is 0 Å². The lowest BCUT2D eigenvalue weighted by Gasteiger charge is -2.32. The standard InChI is InChI=1S/C22H34N4O3/c1-15(27)20-13-23-21(12-17-4-6-18(7-5-17)14-29-3)25-22(20)24-19-8-10-26(11-9-19)16(2)28/h13,17-19H,4-12,14H2,1-3H3,(H,23,24,25)/t17-,18-. The van der Waals surface area contributed by atoms with Crippen LogP contribution in [-0.2, 0) is 16.0 Å². The molecule has 1 N–H and O–H groups in total. The highest BCUT2D eigenvalue weighted by Gasteiger charge is 2.25. The number of ketones is 1. The highest BCUT2D eigenvalue weighted by molar-refractivity contribution is 5.98. The zero-order valence-corrected chi connectivity index (χ0v) is 17.9. The SMILES string of the molecule is COC[C@H]1CC[C@H](Cc2ncc(C(C)=O)c(NC3CCN(C(C)=O)CC3)n2)CC1. The van der Waals surface area contributed by atoms with Crippen LogP contribution in [0.4, 0.5) is 5.82 Å². The van der Waals surface area contributed by atoms with Gasteiger partial charge in [-0.2, -0.15) is 0 Å². The fraction of sp³-hybridized carbons (Fsp3) is 0.727. The summed E-state index contributed by atoms with van der Waals surface area (Å²) in [6.45, 7) is 5.50. The molecule has 160 valence electrons. The van der Waals surface area contributed by atoms with Gasteiger partial charge in [0.15, 0.2) is 5.78 Å². The van der Waals surface area contributed by atoms with E-state index in [4.69, 9.17) is 9.72 Å². The molecule has 1 aliphatic heterocycles. The van der Waals surface area contributed by atoms with Gasteiger partial charge in [-0.25, -0.2) is 9.97 Å². The first-order chi connectivity index (χ1) is 14.0. The number of hydrogen-bond donors (Lipinski definition) is 1. The maximum atomic E-state index is 12.1. The first-order valence-corrected chi connectivity index (χ1v) is 10.8. The molecule has 0 radical (unpaired) electrons. The van der Waals surface area contributed by atoms with Gasteiger partial charge in [0, 0.05) is 52.4 Å². The number of rotatable bonds is 7. The van der Waals surface area contributed by atoms with E-state index >= 15 is 0 Å². The van der Waals surface area contributed by atoms with Crippen LogP contribution in [0.2, 0.25) is 0 Å². The average Bonchev–Trinajstić information content (AvgIpc) is 2.70. The summed E-state index contributed by atoms with van der Waals surface area (Å²) in [6.07, 6.45) is 9.01. The molecule has 29 heavy (non-hydrogen) atoms. The monoisotopic (exact) mass is 402 g/mol. The number of carbonyl (C=O) groups excluding carboxylic acids is 2. The van der Waals surface area contributed by atoms with Crippen molar-refractivity contribution in [2.75, 3.05) is 32.1 Å². The second kappa shape index (κ2) is 10.1. The first kappa shape index (κ1) is 21.7. The molecule has 1 aromatic heterocycles. The van der Waals surface area contributed by atoms with Gasteiger partial charge < -0.3 is 15.0 Å². The second-order valence-electron chi connectivity index (χ2n) is 8.58. The minimum atomic E-state index is -0.0275. The van der Waals surface area contributed by atoms with Crippen LogP contribution >= 0.6 is 0 Å². The molecule has 2 heterocycles. The molecule has 1 saturated heterocycles. The Labute approximate surface area is 173 Å². The van der Waals surface area contributed by atoms with Crippen molar-refractivity contribution >= 4 is 17.5 Å². The topological polar surface area (TPSA) is 84.4 Å². The summed E-state index contributed by atoms with van der Waals surface area (Å²) < 4.78 is 5.29. The van der Waals surface area contributed by atoms with E-state index in [2.05, 4.69) is 10.3 Å². The average molecular weight is 403 g/mol. The van der Waals surface area contributed by atoms with Gasteiger partial charge in [0.2, 0.25) is 5.91 Å². The third-order valence-corrected chi connectivity index (χ3v) is 6.34. The zero-order valence-electron chi connectivity index (χ0n) is 17.9. The van der Waals surface area contributed by atoms with Gasteiger partial charge in [-0.3, -0.25) is 9.59 Å². The van der Waals surface area contributed by atoms with Crippen LogP contribution in [0.5, 0.6) is 0 Å². The minimum Gasteiger partial charge on any atom is -0.384 e. The van der Waals surface area contributed by atoms with Crippen molar-refractivity contribution in [3.05, 3.63) is 17.6 Å². The van der Waals surface area contributed by atoms with Crippen LogP contribution < -0.4 is 5.32 Å². The summed E-state index contributed by atoms with van der Waals surface area (Å²) in [6, 6.07) is 0.218. The fourth-order valence-corrected chi connectivity index (χ4v) is 4.51. The Morgan fingerprint density at radius 3 is 2.34 bits per heavy atom. The van der Waals surface area contributed by atoms with Crippen molar-refractivity contribution in [1.82, 2.24) is 14.9 Å². The number of amides is 1. The molecule has 0 spiro atoms. The smallest absolute Gasteiger partial charge is 0.219 e. The Kier molecular flexibility index (Phi) is 7.58. The molecule has 2 fully saturated rings. The maximum absolute atomic E-state index is 12.1. The van der Waals surface area contributed by atoms with Crippen molar-refractivity contribution in [2.24, 2.45) is 11.8 Å². The molecule has 1 aromatic rings. The lowest BCUT2D eigenvalue weighted by atomic mass is 9.81. The molecule has 1 saturated carbocycles. The number of hydrogen-bond acceptors (Lipinski definition) is 6. The lowest BCUT2D eigenvalue weighted by molar-refractivity contribution is -0.129. The van der Waals surface area contributed by atoms with Crippen LogP contribution in [0.25, 0.3) is 0 Å². The third-order valence-electron chi connectivity index (χ3n) is 6.34. The molecular formula is C22H34N4O3. The summed E-state index contributed by atoms with van der Waals surface area (Å²) in [7, 11) is 1.77. The van der Waals surface area contributed by atoms with Crippen LogP contribution in [0.15, 0.2) is 6.20 Å². The van der Waals surface area contributed by atoms with Crippen LogP contribution in [-0.4, -0.2) is 59.4 Å². The van der Waals surface area contributed by atoms with E-state index in [-0.39, 0.29) is 17.7 Å². The van der Waals surface area contributed by atoms with E-state index in [0.717, 1.165) is 44.8 Å². The molecule has 3 rings (SSSR count). The van der Waals surface area contributed by atoms with Gasteiger partial charge in [0.05, 0.1) is 5.56 Å². The van der Waals surface area contributed by atoms with E-state index in [9.17, 15) is 9.59 Å². The third kappa shape index (κ3) is 5.98. The highest BCUT2D eigenvalue weighted by atomic mass is 16.5. The quantitative estimate of drug-likeness (QED) is 0.706. The number of piperidine rings is 1. The first-order valence-electron chi connectivity index (χ1n) is 10.8. The Hall–Kier alpha value is -2.02. The zero-order chi connectivity index (χ0) is 20.8. The summed E-state index contributed by atoms with van der Waals surface area (Å²) >= 11 is 0. The maximum Gasteiger partial charge on any atom is 0.219 e. The normalized spacial score (nSPS) is 23.1. The van der Waals surface area contributed by atoms with Gasteiger partial charge in [-0.05, 0) is 57.3 Å². The van der Waals surface area contributed by atoms with Crippen LogP contribution in [0, 0.1) is 11.8 Å². The van der Waals surface area contributed by atoms with Crippen LogP contribution in [0.1, 0.15) is 68.6 Å². The largest absolute Gasteiger partial charge is 0.384 e. The highest BCUT2D eigenvalue weighted by Crippen LogP contribution is 2.31. The number of likely N-dealkylation sites (tertiary alicyclic amines) is 1. The lowest BCUT2D eigenvalue weighted by Crippen LogP contribution is -2.41. The molecular weight excluding hydrogens is 368 g/mol. The van der Waals surface area contributed by atoms with E-state index < -0.39 is 0 Å². The molecule has 7 heteroatoms. The van der Waals surface area contributed by atoms with Crippen molar-refractivity contribution in [3.8, 4) is 0 Å².